The Morgan fingerprint density at radius 3 is 2.29 bits per heavy atom. The Morgan fingerprint density at radius 2 is 1.62 bits per heavy atom. The van der Waals surface area contributed by atoms with Crippen LogP contribution in [0.2, 0.25) is 0 Å². The number of rotatable bonds is 4. The van der Waals surface area contributed by atoms with E-state index in [0.29, 0.717) is 6.04 Å². The zero-order valence-electron chi connectivity index (χ0n) is 13.6. The molecule has 5 nitrogen and oxygen atoms in total. The number of likely N-dealkylation sites (tertiary alicyclic amines) is 1. The fraction of sp³-hybridized carbons (Fsp3) is 0.938. The van der Waals surface area contributed by atoms with E-state index in [4.69, 9.17) is 5.73 Å². The molecular formula is C16H32N4O. The van der Waals surface area contributed by atoms with Crippen LogP contribution in [0.4, 0.5) is 4.79 Å². The van der Waals surface area contributed by atoms with Crippen LogP contribution >= 0.6 is 0 Å². The van der Waals surface area contributed by atoms with Gasteiger partial charge in [0, 0.05) is 45.3 Å². The van der Waals surface area contributed by atoms with E-state index in [1.54, 1.807) is 0 Å². The molecule has 2 saturated heterocycles. The van der Waals surface area contributed by atoms with Crippen LogP contribution < -0.4 is 5.73 Å². The van der Waals surface area contributed by atoms with E-state index in [2.05, 4.69) is 21.6 Å². The number of hydrogen-bond acceptors (Lipinski definition) is 3. The third-order valence-corrected chi connectivity index (χ3v) is 4.92. The summed E-state index contributed by atoms with van der Waals surface area (Å²) in [6.45, 7) is 8.77. The van der Waals surface area contributed by atoms with Gasteiger partial charge in [-0.15, -0.1) is 0 Å². The first-order chi connectivity index (χ1) is 10.3. The second kappa shape index (κ2) is 8.59. The summed E-state index contributed by atoms with van der Waals surface area (Å²) in [5, 5.41) is 0. The first kappa shape index (κ1) is 16.6. The lowest BCUT2D eigenvalue weighted by molar-refractivity contribution is 0.141. The van der Waals surface area contributed by atoms with E-state index in [1.165, 1.54) is 19.3 Å². The summed E-state index contributed by atoms with van der Waals surface area (Å²) in [6, 6.07) is 0.850. The molecule has 0 bridgehead atoms. The molecule has 122 valence electrons. The first-order valence-corrected chi connectivity index (χ1v) is 8.74. The Morgan fingerprint density at radius 1 is 0.952 bits per heavy atom. The molecule has 21 heavy (non-hydrogen) atoms. The standard InChI is InChI=1S/C16H32N4O/c1-2-15(7-8-17)18-11-6-12-20(14-13-18)16(21)19-9-4-3-5-10-19/h15H,2-14,17H2,1H3. The van der Waals surface area contributed by atoms with Gasteiger partial charge in [-0.2, -0.15) is 0 Å². The third kappa shape index (κ3) is 4.58. The van der Waals surface area contributed by atoms with Gasteiger partial charge in [-0.1, -0.05) is 6.92 Å². The van der Waals surface area contributed by atoms with Crippen molar-refractivity contribution in [3.8, 4) is 0 Å². The number of carbonyl (C=O) groups excluding carboxylic acids is 1. The van der Waals surface area contributed by atoms with Crippen molar-refractivity contribution in [2.45, 2.75) is 51.5 Å². The Kier molecular flexibility index (Phi) is 6.77. The lowest BCUT2D eigenvalue weighted by Crippen LogP contribution is -2.47. The lowest BCUT2D eigenvalue weighted by Gasteiger charge is -2.33. The van der Waals surface area contributed by atoms with Crippen LogP contribution in [0, 0.1) is 0 Å². The molecule has 2 rings (SSSR count). The number of hydrogen-bond donors (Lipinski definition) is 1. The Balaban J connectivity index is 1.86. The van der Waals surface area contributed by atoms with Crippen molar-refractivity contribution in [3.63, 3.8) is 0 Å². The molecule has 1 unspecified atom stereocenters. The number of nitrogens with two attached hydrogens (primary N) is 1. The normalized spacial score (nSPS) is 23.0. The van der Waals surface area contributed by atoms with Gasteiger partial charge in [-0.3, -0.25) is 4.90 Å². The van der Waals surface area contributed by atoms with E-state index in [-0.39, 0.29) is 6.03 Å². The molecule has 0 aromatic carbocycles. The van der Waals surface area contributed by atoms with Crippen molar-refractivity contribution in [3.05, 3.63) is 0 Å². The molecular weight excluding hydrogens is 264 g/mol. The van der Waals surface area contributed by atoms with E-state index in [1.807, 2.05) is 0 Å². The van der Waals surface area contributed by atoms with Gasteiger partial charge >= 0.3 is 6.03 Å². The van der Waals surface area contributed by atoms with Crippen LogP contribution in [-0.2, 0) is 0 Å². The summed E-state index contributed by atoms with van der Waals surface area (Å²) in [5.74, 6) is 0. The number of piperidine rings is 1. The molecule has 0 aromatic heterocycles. The second-order valence-corrected chi connectivity index (χ2v) is 6.35. The van der Waals surface area contributed by atoms with Crippen molar-refractivity contribution in [2.24, 2.45) is 5.73 Å². The summed E-state index contributed by atoms with van der Waals surface area (Å²) in [5.41, 5.74) is 5.73. The molecule has 5 heteroatoms. The maximum atomic E-state index is 12.6. The molecule has 2 N–H and O–H groups in total. The topological polar surface area (TPSA) is 52.8 Å². The average Bonchev–Trinajstić information content (AvgIpc) is 2.78. The Labute approximate surface area is 129 Å². The van der Waals surface area contributed by atoms with Crippen molar-refractivity contribution in [2.75, 3.05) is 45.8 Å². The molecule has 2 aliphatic heterocycles. The highest BCUT2D eigenvalue weighted by atomic mass is 16.2. The summed E-state index contributed by atoms with van der Waals surface area (Å²) < 4.78 is 0. The summed E-state index contributed by atoms with van der Waals surface area (Å²) in [4.78, 5) is 19.3. The molecule has 0 radical (unpaired) electrons. The summed E-state index contributed by atoms with van der Waals surface area (Å²) in [6.07, 6.45) is 6.91. The van der Waals surface area contributed by atoms with E-state index >= 15 is 0 Å². The van der Waals surface area contributed by atoms with Gasteiger partial charge < -0.3 is 15.5 Å². The monoisotopic (exact) mass is 296 g/mol. The highest BCUT2D eigenvalue weighted by Crippen LogP contribution is 2.15. The quantitative estimate of drug-likeness (QED) is 0.859. The minimum Gasteiger partial charge on any atom is -0.330 e. The van der Waals surface area contributed by atoms with Crippen molar-refractivity contribution < 1.29 is 4.79 Å². The van der Waals surface area contributed by atoms with Gasteiger partial charge in [0.2, 0.25) is 0 Å². The molecule has 2 amide bonds. The molecule has 0 saturated carbocycles. The molecule has 0 aliphatic carbocycles. The van der Waals surface area contributed by atoms with Crippen LogP contribution in [-0.4, -0.2) is 72.6 Å². The molecule has 2 fully saturated rings. The molecule has 2 aliphatic rings. The first-order valence-electron chi connectivity index (χ1n) is 8.74. The third-order valence-electron chi connectivity index (χ3n) is 4.92. The zero-order valence-corrected chi connectivity index (χ0v) is 13.6. The van der Waals surface area contributed by atoms with Gasteiger partial charge in [0.15, 0.2) is 0 Å². The largest absolute Gasteiger partial charge is 0.330 e. The molecule has 0 aromatic rings. The van der Waals surface area contributed by atoms with Gasteiger partial charge in [0.05, 0.1) is 0 Å². The van der Waals surface area contributed by atoms with Crippen molar-refractivity contribution in [1.29, 1.82) is 0 Å². The molecule has 2 heterocycles. The van der Waals surface area contributed by atoms with Gasteiger partial charge in [0.25, 0.3) is 0 Å². The maximum absolute atomic E-state index is 12.6. The van der Waals surface area contributed by atoms with E-state index in [9.17, 15) is 4.79 Å². The Bertz CT molecular complexity index is 317. The SMILES string of the molecule is CCC(CCN)N1CCCN(C(=O)N2CCCCC2)CC1. The summed E-state index contributed by atoms with van der Waals surface area (Å²) in [7, 11) is 0. The molecule has 1 atom stereocenters. The smallest absolute Gasteiger partial charge is 0.320 e. The Hall–Kier alpha value is -0.810. The van der Waals surface area contributed by atoms with E-state index in [0.717, 1.165) is 65.1 Å². The number of carbonyl (C=O) groups is 1. The lowest BCUT2D eigenvalue weighted by atomic mass is 10.1. The van der Waals surface area contributed by atoms with Gasteiger partial charge in [0.1, 0.15) is 0 Å². The van der Waals surface area contributed by atoms with Gasteiger partial charge in [-0.05, 0) is 45.1 Å². The number of amides is 2. The molecule has 0 spiro atoms. The minimum absolute atomic E-state index is 0.267. The average molecular weight is 296 g/mol. The summed E-state index contributed by atoms with van der Waals surface area (Å²) >= 11 is 0. The predicted molar refractivity (Wildman–Crippen MR) is 86.3 cm³/mol. The van der Waals surface area contributed by atoms with Gasteiger partial charge in [-0.25, -0.2) is 4.79 Å². The minimum atomic E-state index is 0.267. The van der Waals surface area contributed by atoms with Crippen LogP contribution in [0.25, 0.3) is 0 Å². The van der Waals surface area contributed by atoms with Crippen LogP contribution in [0.3, 0.4) is 0 Å². The zero-order chi connectivity index (χ0) is 15.1. The number of urea groups is 1. The predicted octanol–water partition coefficient (Wildman–Crippen LogP) is 1.73. The maximum Gasteiger partial charge on any atom is 0.320 e. The highest BCUT2D eigenvalue weighted by Gasteiger charge is 2.26. The van der Waals surface area contributed by atoms with E-state index < -0.39 is 0 Å². The van der Waals surface area contributed by atoms with Crippen molar-refractivity contribution >= 4 is 6.03 Å². The number of nitrogens with zero attached hydrogens (tertiary/aromatic N) is 3. The van der Waals surface area contributed by atoms with Crippen LogP contribution in [0.1, 0.15) is 45.4 Å². The van der Waals surface area contributed by atoms with Crippen LogP contribution in [0.5, 0.6) is 0 Å². The van der Waals surface area contributed by atoms with Crippen molar-refractivity contribution in [1.82, 2.24) is 14.7 Å². The fourth-order valence-electron chi connectivity index (χ4n) is 3.62. The highest BCUT2D eigenvalue weighted by molar-refractivity contribution is 5.74. The van der Waals surface area contributed by atoms with Crippen LogP contribution in [0.15, 0.2) is 0 Å². The fourth-order valence-corrected chi connectivity index (χ4v) is 3.62. The second-order valence-electron chi connectivity index (χ2n) is 6.35.